The molecule has 1 atom stereocenters. The molecule has 0 aliphatic heterocycles. The zero-order valence-electron chi connectivity index (χ0n) is 10.9. The van der Waals surface area contributed by atoms with Crippen LogP contribution in [-0.2, 0) is 0 Å². The summed E-state index contributed by atoms with van der Waals surface area (Å²) < 4.78 is 0. The molecule has 2 rings (SSSR count). The normalized spacial score (nSPS) is 12.1. The summed E-state index contributed by atoms with van der Waals surface area (Å²) in [5.41, 5.74) is 1.01. The van der Waals surface area contributed by atoms with Crippen molar-refractivity contribution in [2.45, 2.75) is 26.3 Å². The molecule has 0 aromatic carbocycles. The second-order valence-corrected chi connectivity index (χ2v) is 5.25. The first-order chi connectivity index (χ1) is 9.11. The summed E-state index contributed by atoms with van der Waals surface area (Å²) in [6.07, 6.45) is 0.870. The monoisotopic (exact) mass is 276 g/mol. The van der Waals surface area contributed by atoms with E-state index in [-0.39, 0.29) is 11.6 Å². The molecule has 100 valence electrons. The number of aryl methyl sites for hydroxylation is 1. The number of carboxylic acid groups (broad SMARTS) is 1. The molecule has 2 aromatic rings. The molecule has 0 saturated heterocycles. The lowest BCUT2D eigenvalue weighted by molar-refractivity contribution is 0.0697. The number of aromatic carboxylic acids is 1. The first-order valence-electron chi connectivity index (χ1n) is 6.12. The van der Waals surface area contributed by atoms with Crippen molar-refractivity contribution in [3.63, 3.8) is 0 Å². The van der Waals surface area contributed by atoms with Gasteiger partial charge in [-0.05, 0) is 36.9 Å². The first-order valence-corrected chi connectivity index (χ1v) is 7.00. The summed E-state index contributed by atoms with van der Waals surface area (Å²) in [7, 11) is 0. The van der Waals surface area contributed by atoms with Gasteiger partial charge in [0.2, 0.25) is 0 Å². The molecule has 0 aliphatic carbocycles. The highest BCUT2D eigenvalue weighted by atomic mass is 32.1. The number of thiophene rings is 1. The van der Waals surface area contributed by atoms with Gasteiger partial charge in [0.25, 0.3) is 0 Å². The van der Waals surface area contributed by atoms with E-state index in [0.29, 0.717) is 5.82 Å². The fourth-order valence-corrected chi connectivity index (χ4v) is 2.73. The van der Waals surface area contributed by atoms with E-state index in [4.69, 9.17) is 0 Å². The minimum Gasteiger partial charge on any atom is -0.478 e. The Morgan fingerprint density at radius 1 is 1.47 bits per heavy atom. The van der Waals surface area contributed by atoms with E-state index in [1.165, 1.54) is 4.88 Å². The number of nitrogens with one attached hydrogen (secondary N) is 1. The zero-order chi connectivity index (χ0) is 13.8. The van der Waals surface area contributed by atoms with Crippen LogP contribution < -0.4 is 5.32 Å². The van der Waals surface area contributed by atoms with Gasteiger partial charge in [0.1, 0.15) is 11.4 Å². The molecule has 19 heavy (non-hydrogen) atoms. The molecule has 0 saturated carbocycles. The van der Waals surface area contributed by atoms with Gasteiger partial charge in [-0.1, -0.05) is 13.0 Å². The third-order valence-corrected chi connectivity index (χ3v) is 3.86. The number of aromatic nitrogens is 1. The average molecular weight is 276 g/mol. The molecule has 0 spiro atoms. The standard InChI is InChI=1S/C14H16N2O2S/c1-3-11(12-5-4-8-19-12)16-13-10(14(17)18)7-6-9(2)15-13/h4-8,11H,3H2,1-2H3,(H,15,16)(H,17,18). The SMILES string of the molecule is CCC(Nc1nc(C)ccc1C(=O)O)c1cccs1. The smallest absolute Gasteiger partial charge is 0.339 e. The van der Waals surface area contributed by atoms with Crippen LogP contribution in [0.1, 0.15) is 40.3 Å². The number of hydrogen-bond donors (Lipinski definition) is 2. The third-order valence-electron chi connectivity index (χ3n) is 2.87. The van der Waals surface area contributed by atoms with Crippen LogP contribution >= 0.6 is 11.3 Å². The minimum absolute atomic E-state index is 0.0902. The highest BCUT2D eigenvalue weighted by molar-refractivity contribution is 7.10. The Hall–Kier alpha value is -1.88. The van der Waals surface area contributed by atoms with Gasteiger partial charge in [0, 0.05) is 10.6 Å². The molecule has 2 aromatic heterocycles. The van der Waals surface area contributed by atoms with E-state index in [2.05, 4.69) is 17.2 Å². The molecule has 1 unspecified atom stereocenters. The molecule has 0 radical (unpaired) electrons. The van der Waals surface area contributed by atoms with Gasteiger partial charge in [-0.15, -0.1) is 11.3 Å². The second kappa shape index (κ2) is 5.84. The second-order valence-electron chi connectivity index (χ2n) is 4.27. The summed E-state index contributed by atoms with van der Waals surface area (Å²) in [6, 6.07) is 7.43. The molecular formula is C14H16N2O2S. The van der Waals surface area contributed by atoms with E-state index in [1.54, 1.807) is 23.5 Å². The van der Waals surface area contributed by atoms with Crippen LogP contribution in [0.15, 0.2) is 29.6 Å². The third kappa shape index (κ3) is 3.12. The maximum atomic E-state index is 11.2. The lowest BCUT2D eigenvalue weighted by atomic mass is 10.1. The predicted molar refractivity (Wildman–Crippen MR) is 76.9 cm³/mol. The Morgan fingerprint density at radius 3 is 2.84 bits per heavy atom. The number of hydrogen-bond acceptors (Lipinski definition) is 4. The Morgan fingerprint density at radius 2 is 2.26 bits per heavy atom. The van der Waals surface area contributed by atoms with Crippen LogP contribution in [0.3, 0.4) is 0 Å². The van der Waals surface area contributed by atoms with Crippen molar-refractivity contribution in [2.24, 2.45) is 0 Å². The molecule has 0 amide bonds. The number of nitrogens with zero attached hydrogens (tertiary/aromatic N) is 1. The molecule has 4 nitrogen and oxygen atoms in total. The summed E-state index contributed by atoms with van der Waals surface area (Å²) in [5.74, 6) is -0.524. The van der Waals surface area contributed by atoms with Crippen LogP contribution in [0.25, 0.3) is 0 Å². The van der Waals surface area contributed by atoms with Gasteiger partial charge in [-0.25, -0.2) is 9.78 Å². The molecule has 0 bridgehead atoms. The maximum Gasteiger partial charge on any atom is 0.339 e. The van der Waals surface area contributed by atoms with Gasteiger partial charge in [-0.3, -0.25) is 0 Å². The Balaban J connectivity index is 2.31. The predicted octanol–water partition coefficient (Wildman–Crippen LogP) is 3.71. The molecule has 5 heteroatoms. The molecule has 0 fully saturated rings. The van der Waals surface area contributed by atoms with Crippen LogP contribution in [0, 0.1) is 6.92 Å². The van der Waals surface area contributed by atoms with Crippen molar-refractivity contribution in [2.75, 3.05) is 5.32 Å². The van der Waals surface area contributed by atoms with E-state index in [1.807, 2.05) is 24.4 Å². The number of rotatable bonds is 5. The fraction of sp³-hybridized carbons (Fsp3) is 0.286. The highest BCUT2D eigenvalue weighted by Gasteiger charge is 2.16. The number of carbonyl (C=O) groups is 1. The van der Waals surface area contributed by atoms with Gasteiger partial charge < -0.3 is 10.4 Å². The van der Waals surface area contributed by atoms with Crippen LogP contribution in [0.5, 0.6) is 0 Å². The molecule has 0 aliphatic rings. The Bertz CT molecular complexity index is 567. The minimum atomic E-state index is -0.962. The molecule has 2 N–H and O–H groups in total. The number of anilines is 1. The zero-order valence-corrected chi connectivity index (χ0v) is 11.7. The summed E-state index contributed by atoms with van der Waals surface area (Å²) in [4.78, 5) is 16.7. The van der Waals surface area contributed by atoms with Gasteiger partial charge in [-0.2, -0.15) is 0 Å². The number of pyridine rings is 1. The van der Waals surface area contributed by atoms with Crippen molar-refractivity contribution in [3.8, 4) is 0 Å². The van der Waals surface area contributed by atoms with Crippen molar-refractivity contribution >= 4 is 23.1 Å². The highest BCUT2D eigenvalue weighted by Crippen LogP contribution is 2.27. The van der Waals surface area contributed by atoms with Crippen LogP contribution in [0.2, 0.25) is 0 Å². The first kappa shape index (κ1) is 13.5. The van der Waals surface area contributed by atoms with Crippen molar-refractivity contribution < 1.29 is 9.90 Å². The number of carboxylic acids is 1. The van der Waals surface area contributed by atoms with Gasteiger partial charge in [0.05, 0.1) is 6.04 Å². The van der Waals surface area contributed by atoms with Crippen LogP contribution in [-0.4, -0.2) is 16.1 Å². The maximum absolute atomic E-state index is 11.2. The van der Waals surface area contributed by atoms with E-state index in [0.717, 1.165) is 12.1 Å². The van der Waals surface area contributed by atoms with E-state index >= 15 is 0 Å². The summed E-state index contributed by atoms with van der Waals surface area (Å²) in [6.45, 7) is 3.91. The van der Waals surface area contributed by atoms with Gasteiger partial charge >= 0.3 is 5.97 Å². The lowest BCUT2D eigenvalue weighted by Gasteiger charge is -2.17. The molecule has 2 heterocycles. The Labute approximate surface area is 116 Å². The topological polar surface area (TPSA) is 62.2 Å². The average Bonchev–Trinajstić information content (AvgIpc) is 2.89. The van der Waals surface area contributed by atoms with Gasteiger partial charge in [0.15, 0.2) is 0 Å². The fourth-order valence-electron chi connectivity index (χ4n) is 1.87. The van der Waals surface area contributed by atoms with Crippen molar-refractivity contribution in [1.29, 1.82) is 0 Å². The quantitative estimate of drug-likeness (QED) is 0.873. The van der Waals surface area contributed by atoms with E-state index < -0.39 is 5.97 Å². The molecular weight excluding hydrogens is 260 g/mol. The largest absolute Gasteiger partial charge is 0.478 e. The van der Waals surface area contributed by atoms with Crippen molar-refractivity contribution in [3.05, 3.63) is 45.8 Å². The van der Waals surface area contributed by atoms with Crippen molar-refractivity contribution in [1.82, 2.24) is 4.98 Å². The Kier molecular flexibility index (Phi) is 4.16. The summed E-state index contributed by atoms with van der Waals surface area (Å²) in [5, 5.41) is 14.5. The van der Waals surface area contributed by atoms with E-state index in [9.17, 15) is 9.90 Å². The summed E-state index contributed by atoms with van der Waals surface area (Å²) >= 11 is 1.66. The van der Waals surface area contributed by atoms with Crippen LogP contribution in [0.4, 0.5) is 5.82 Å². The lowest BCUT2D eigenvalue weighted by Crippen LogP contribution is -2.13.